The third-order valence-corrected chi connectivity index (χ3v) is 11.0. The summed E-state index contributed by atoms with van der Waals surface area (Å²) in [5, 5.41) is 25.8. The number of rotatable bonds is 6. The first-order valence-corrected chi connectivity index (χ1v) is 15.7. The lowest BCUT2D eigenvalue weighted by Crippen LogP contribution is -2.65. The number of aliphatic hydroxyl groups is 1. The molecule has 2 aromatic carbocycles. The molecule has 2 fully saturated rings. The number of benzene rings is 2. The summed E-state index contributed by atoms with van der Waals surface area (Å²) in [6.07, 6.45) is -3.20. The zero-order chi connectivity index (χ0) is 33.9. The summed E-state index contributed by atoms with van der Waals surface area (Å²) in [4.78, 5) is 35.7. The number of nitrogens with one attached hydrogen (secondary N) is 2. The minimum absolute atomic E-state index is 0.0122. The van der Waals surface area contributed by atoms with Gasteiger partial charge in [-0.15, -0.1) is 0 Å². The Hall–Kier alpha value is -4.06. The van der Waals surface area contributed by atoms with Crippen LogP contribution in [0.1, 0.15) is 79.3 Å². The van der Waals surface area contributed by atoms with E-state index in [2.05, 4.69) is 10.6 Å². The number of carbonyl (C=O) groups excluding carboxylic acids is 2. The van der Waals surface area contributed by atoms with Gasteiger partial charge in [0.2, 0.25) is 0 Å². The number of halogens is 5. The van der Waals surface area contributed by atoms with Gasteiger partial charge >= 0.3 is 24.1 Å². The van der Waals surface area contributed by atoms with Crippen molar-refractivity contribution in [2.24, 2.45) is 17.3 Å². The molecule has 5 atom stereocenters. The number of fused-ring (bicyclic) bond motifs is 4. The molecule has 2 saturated carbocycles. The van der Waals surface area contributed by atoms with E-state index in [1.165, 1.54) is 31.2 Å². The number of allylic oxidation sites excluding steroid dienone is 4. The standard InChI is InChI=1S/C35H35F5N2O5/c1-32-17-27(20-4-2-19(3-5-20)18-41-31(46)42-23-9-6-21(7-10-23)30(44)45)29-25-13-11-24(43)16-22(25)8-12-26(29)28(32)14-15-33(32,47)34(36,37)35(38,39)40/h2-7,9-10,16,26-28,47H,8,11-15,17-18H2,1H3,(H,44,45)(H2,41,42,46)/t26-,27+,28-,32-,33-/m0/s1. The van der Waals surface area contributed by atoms with E-state index < -0.39 is 53.4 Å². The molecule has 0 spiro atoms. The number of carboxylic acids is 1. The molecule has 0 saturated heterocycles. The molecule has 12 heteroatoms. The van der Waals surface area contributed by atoms with Crippen LogP contribution in [0.15, 0.2) is 71.3 Å². The molecule has 47 heavy (non-hydrogen) atoms. The highest BCUT2D eigenvalue weighted by atomic mass is 19.4. The minimum atomic E-state index is -5.91. The lowest BCUT2D eigenvalue weighted by molar-refractivity contribution is -0.362. The number of aromatic carboxylic acids is 1. The van der Waals surface area contributed by atoms with Crippen LogP contribution in [0.2, 0.25) is 0 Å². The fourth-order valence-corrected chi connectivity index (χ4v) is 8.64. The van der Waals surface area contributed by atoms with E-state index in [0.717, 1.165) is 16.7 Å². The Morgan fingerprint density at radius 3 is 2.28 bits per heavy atom. The van der Waals surface area contributed by atoms with Crippen molar-refractivity contribution in [1.82, 2.24) is 5.32 Å². The first-order chi connectivity index (χ1) is 22.1. The molecule has 2 aromatic rings. The van der Waals surface area contributed by atoms with Gasteiger partial charge in [-0.05, 0) is 103 Å². The van der Waals surface area contributed by atoms with Gasteiger partial charge in [0.15, 0.2) is 5.78 Å². The van der Waals surface area contributed by atoms with Crippen LogP contribution in [-0.2, 0) is 11.3 Å². The Bertz CT molecular complexity index is 1670. The van der Waals surface area contributed by atoms with Crippen molar-refractivity contribution in [2.45, 2.75) is 82.0 Å². The Morgan fingerprint density at radius 1 is 0.957 bits per heavy atom. The average Bonchev–Trinajstić information content (AvgIpc) is 3.30. The Balaban J connectivity index is 1.28. The maximum atomic E-state index is 15.2. The first kappa shape index (κ1) is 32.9. The van der Waals surface area contributed by atoms with Gasteiger partial charge in [-0.3, -0.25) is 4.79 Å². The van der Waals surface area contributed by atoms with E-state index in [9.17, 15) is 32.7 Å². The van der Waals surface area contributed by atoms with Crippen LogP contribution < -0.4 is 10.6 Å². The van der Waals surface area contributed by atoms with Crippen LogP contribution in [0.3, 0.4) is 0 Å². The van der Waals surface area contributed by atoms with Gasteiger partial charge in [0.05, 0.1) is 5.56 Å². The summed E-state index contributed by atoms with van der Waals surface area (Å²) >= 11 is 0. The number of alkyl halides is 5. The van der Waals surface area contributed by atoms with E-state index in [1.54, 1.807) is 30.3 Å². The van der Waals surface area contributed by atoms with E-state index >= 15 is 8.78 Å². The van der Waals surface area contributed by atoms with Crippen molar-refractivity contribution in [3.63, 3.8) is 0 Å². The Morgan fingerprint density at radius 2 is 1.64 bits per heavy atom. The van der Waals surface area contributed by atoms with Gasteiger partial charge in [0, 0.05) is 30.0 Å². The van der Waals surface area contributed by atoms with Crippen molar-refractivity contribution < 1.29 is 46.5 Å². The predicted molar refractivity (Wildman–Crippen MR) is 162 cm³/mol. The van der Waals surface area contributed by atoms with Crippen LogP contribution >= 0.6 is 0 Å². The SMILES string of the molecule is C[C@]12C[C@H](c3ccc(CNC(=O)Nc4ccc(C(=O)O)cc4)cc3)C3=C4CCC(=O)C=C4CC[C@H]3[C@@H]1CC[C@@]2(O)C(F)(F)C(F)(F)F. The molecule has 0 radical (unpaired) electrons. The minimum Gasteiger partial charge on any atom is -0.478 e. The summed E-state index contributed by atoms with van der Waals surface area (Å²) < 4.78 is 71.8. The van der Waals surface area contributed by atoms with Crippen LogP contribution in [0.25, 0.3) is 0 Å². The number of hydrogen-bond acceptors (Lipinski definition) is 4. The van der Waals surface area contributed by atoms with Crippen LogP contribution in [0.4, 0.5) is 32.4 Å². The van der Waals surface area contributed by atoms with Crippen molar-refractivity contribution in [2.75, 3.05) is 5.32 Å². The van der Waals surface area contributed by atoms with Gasteiger partial charge in [0.1, 0.15) is 5.60 Å². The summed E-state index contributed by atoms with van der Waals surface area (Å²) in [5.74, 6) is -7.83. The van der Waals surface area contributed by atoms with Crippen LogP contribution in [0.5, 0.6) is 0 Å². The molecule has 2 amide bonds. The number of ketones is 1. The summed E-state index contributed by atoms with van der Waals surface area (Å²) in [6.45, 7) is 1.51. The van der Waals surface area contributed by atoms with Crippen molar-refractivity contribution in [3.05, 3.63) is 88.0 Å². The zero-order valence-electron chi connectivity index (χ0n) is 25.6. The maximum Gasteiger partial charge on any atom is 0.456 e. The molecule has 4 N–H and O–H groups in total. The number of amides is 2. The number of carboxylic acid groups (broad SMARTS) is 1. The van der Waals surface area contributed by atoms with E-state index in [4.69, 9.17) is 5.11 Å². The highest BCUT2D eigenvalue weighted by molar-refractivity contribution is 5.93. The van der Waals surface area contributed by atoms with Crippen LogP contribution in [0, 0.1) is 17.3 Å². The lowest BCUT2D eigenvalue weighted by Gasteiger charge is -2.56. The smallest absolute Gasteiger partial charge is 0.456 e. The molecular weight excluding hydrogens is 623 g/mol. The van der Waals surface area contributed by atoms with E-state index in [-0.39, 0.29) is 36.7 Å². The van der Waals surface area contributed by atoms with Gasteiger partial charge in [-0.1, -0.05) is 36.8 Å². The fourth-order valence-electron chi connectivity index (χ4n) is 8.64. The topological polar surface area (TPSA) is 116 Å². The van der Waals surface area contributed by atoms with Crippen molar-refractivity contribution in [1.29, 1.82) is 0 Å². The first-order valence-electron chi connectivity index (χ1n) is 15.7. The van der Waals surface area contributed by atoms with Crippen molar-refractivity contribution >= 4 is 23.5 Å². The van der Waals surface area contributed by atoms with Crippen LogP contribution in [-0.4, -0.2) is 45.7 Å². The maximum absolute atomic E-state index is 15.2. The molecule has 4 aliphatic rings. The summed E-state index contributed by atoms with van der Waals surface area (Å²) in [7, 11) is 0. The second kappa shape index (κ2) is 11.6. The number of hydrogen-bond donors (Lipinski definition) is 4. The van der Waals surface area contributed by atoms with Gasteiger partial charge in [0.25, 0.3) is 0 Å². The number of carbonyl (C=O) groups is 3. The third-order valence-electron chi connectivity index (χ3n) is 11.0. The Labute approximate surface area is 267 Å². The quantitative estimate of drug-likeness (QED) is 0.240. The highest BCUT2D eigenvalue weighted by Gasteiger charge is 2.79. The number of urea groups is 1. The van der Waals surface area contributed by atoms with Gasteiger partial charge in [-0.2, -0.15) is 22.0 Å². The van der Waals surface area contributed by atoms with E-state index in [1.807, 2.05) is 0 Å². The lowest BCUT2D eigenvalue weighted by atomic mass is 9.50. The predicted octanol–water partition coefficient (Wildman–Crippen LogP) is 7.53. The molecule has 250 valence electrons. The zero-order valence-corrected chi connectivity index (χ0v) is 25.6. The monoisotopic (exact) mass is 658 g/mol. The van der Waals surface area contributed by atoms with Gasteiger partial charge in [-0.25, -0.2) is 9.59 Å². The second-order valence-electron chi connectivity index (χ2n) is 13.4. The fraction of sp³-hybridized carbons (Fsp3) is 0.457. The summed E-state index contributed by atoms with van der Waals surface area (Å²) in [5.41, 5.74) is -0.270. The van der Waals surface area contributed by atoms with E-state index in [0.29, 0.717) is 42.5 Å². The number of anilines is 1. The molecule has 0 aromatic heterocycles. The molecule has 0 unspecified atom stereocenters. The third kappa shape index (κ3) is 5.44. The largest absolute Gasteiger partial charge is 0.478 e. The van der Waals surface area contributed by atoms with Crippen molar-refractivity contribution in [3.8, 4) is 0 Å². The second-order valence-corrected chi connectivity index (χ2v) is 13.4. The molecule has 4 aliphatic carbocycles. The molecule has 0 bridgehead atoms. The van der Waals surface area contributed by atoms with Gasteiger partial charge < -0.3 is 20.8 Å². The molecule has 0 heterocycles. The Kier molecular flexibility index (Phi) is 8.09. The summed E-state index contributed by atoms with van der Waals surface area (Å²) in [6, 6.07) is 12.2. The average molecular weight is 659 g/mol. The normalized spacial score (nSPS) is 29.0. The molecule has 6 rings (SSSR count). The molecular formula is C35H35F5N2O5. The molecule has 0 aliphatic heterocycles. The molecule has 7 nitrogen and oxygen atoms in total. The highest BCUT2D eigenvalue weighted by Crippen LogP contribution is 2.70.